The SMILES string of the molecule is CC(=NC(C)(C)C[S+]1c2ccccc2Sc2ccccc21)OC(C)C. The van der Waals surface area contributed by atoms with Crippen molar-refractivity contribution in [1.29, 1.82) is 0 Å². The van der Waals surface area contributed by atoms with E-state index in [0.29, 0.717) is 0 Å². The highest BCUT2D eigenvalue weighted by Crippen LogP contribution is 2.46. The minimum absolute atomic E-state index is 0.0234. The van der Waals surface area contributed by atoms with E-state index < -0.39 is 0 Å². The topological polar surface area (TPSA) is 21.6 Å². The normalized spacial score (nSPS) is 15.0. The van der Waals surface area contributed by atoms with Crippen molar-refractivity contribution in [3.63, 3.8) is 0 Å². The summed E-state index contributed by atoms with van der Waals surface area (Å²) in [7, 11) is 0.0234. The maximum absolute atomic E-state index is 5.76. The second kappa shape index (κ2) is 7.46. The zero-order valence-corrected chi connectivity index (χ0v) is 17.2. The van der Waals surface area contributed by atoms with Gasteiger partial charge in [0.25, 0.3) is 0 Å². The lowest BCUT2D eigenvalue weighted by molar-refractivity contribution is 0.223. The van der Waals surface area contributed by atoms with E-state index in [-0.39, 0.29) is 22.5 Å². The first-order chi connectivity index (χ1) is 11.9. The van der Waals surface area contributed by atoms with Gasteiger partial charge in [-0.15, -0.1) is 0 Å². The van der Waals surface area contributed by atoms with Crippen molar-refractivity contribution in [2.45, 2.75) is 65.8 Å². The van der Waals surface area contributed by atoms with Gasteiger partial charge in [0.1, 0.15) is 11.3 Å². The van der Waals surface area contributed by atoms with Crippen LogP contribution in [0.1, 0.15) is 34.6 Å². The van der Waals surface area contributed by atoms with Crippen molar-refractivity contribution in [2.75, 3.05) is 5.75 Å². The van der Waals surface area contributed by atoms with Crippen LogP contribution in [0.2, 0.25) is 0 Å². The van der Waals surface area contributed by atoms with Gasteiger partial charge >= 0.3 is 0 Å². The van der Waals surface area contributed by atoms with Gasteiger partial charge in [-0.05, 0) is 52.0 Å². The molecule has 2 nitrogen and oxygen atoms in total. The average Bonchev–Trinajstić information content (AvgIpc) is 2.53. The molecule has 4 heteroatoms. The first-order valence-corrected chi connectivity index (χ1v) is 10.9. The molecule has 2 aromatic rings. The number of benzene rings is 2. The van der Waals surface area contributed by atoms with Crippen molar-refractivity contribution in [3.8, 4) is 0 Å². The molecule has 132 valence electrons. The Bertz CT molecular complexity index is 737. The summed E-state index contributed by atoms with van der Waals surface area (Å²) in [5.41, 5.74) is -0.176. The van der Waals surface area contributed by atoms with Crippen molar-refractivity contribution in [1.82, 2.24) is 0 Å². The standard InChI is InChI=1S/C21H26NOS2/c1-15(2)23-16(3)22-21(4,5)14-25-19-12-8-6-10-17(19)24-18-11-7-9-13-20(18)25/h6-13,15H,14H2,1-5H3/q+1. The van der Waals surface area contributed by atoms with Gasteiger partial charge in [-0.25, -0.2) is 4.99 Å². The highest BCUT2D eigenvalue weighted by atomic mass is 32.2. The summed E-state index contributed by atoms with van der Waals surface area (Å²) < 4.78 is 5.76. The molecular formula is C21H26NOS2+. The zero-order valence-electron chi connectivity index (χ0n) is 15.6. The predicted molar refractivity (Wildman–Crippen MR) is 109 cm³/mol. The molecule has 0 unspecified atom stereocenters. The Morgan fingerprint density at radius 1 is 1.04 bits per heavy atom. The van der Waals surface area contributed by atoms with E-state index in [4.69, 9.17) is 9.73 Å². The van der Waals surface area contributed by atoms with E-state index in [1.165, 1.54) is 19.6 Å². The Labute approximate surface area is 158 Å². The molecule has 0 spiro atoms. The Morgan fingerprint density at radius 3 is 2.08 bits per heavy atom. The zero-order chi connectivity index (χ0) is 18.0. The summed E-state index contributed by atoms with van der Waals surface area (Å²) in [6.07, 6.45) is 0.162. The molecule has 0 saturated carbocycles. The maximum atomic E-state index is 5.76. The van der Waals surface area contributed by atoms with Crippen LogP contribution in [0.5, 0.6) is 0 Å². The molecule has 1 heterocycles. The number of hydrogen-bond donors (Lipinski definition) is 0. The molecule has 0 N–H and O–H groups in total. The highest BCUT2D eigenvalue weighted by Gasteiger charge is 2.40. The van der Waals surface area contributed by atoms with E-state index in [0.717, 1.165) is 11.7 Å². The number of aliphatic imine (C=N–C) groups is 1. The third-order valence-corrected chi connectivity index (χ3v) is 7.99. The molecular weight excluding hydrogens is 346 g/mol. The average molecular weight is 373 g/mol. The smallest absolute Gasteiger partial charge is 0.180 e. The molecule has 0 amide bonds. The molecule has 25 heavy (non-hydrogen) atoms. The van der Waals surface area contributed by atoms with Crippen LogP contribution in [0.3, 0.4) is 0 Å². The highest BCUT2D eigenvalue weighted by molar-refractivity contribution is 8.04. The lowest BCUT2D eigenvalue weighted by Gasteiger charge is -2.25. The molecule has 0 saturated heterocycles. The maximum Gasteiger partial charge on any atom is 0.180 e. The van der Waals surface area contributed by atoms with Gasteiger partial charge in [-0.3, -0.25) is 0 Å². The van der Waals surface area contributed by atoms with Crippen molar-refractivity contribution >= 4 is 28.6 Å². The van der Waals surface area contributed by atoms with Gasteiger partial charge in [-0.1, -0.05) is 36.0 Å². The fourth-order valence-electron chi connectivity index (χ4n) is 3.05. The van der Waals surface area contributed by atoms with Gasteiger partial charge < -0.3 is 4.74 Å². The summed E-state index contributed by atoms with van der Waals surface area (Å²) in [6, 6.07) is 17.6. The van der Waals surface area contributed by atoms with Crippen LogP contribution in [0.25, 0.3) is 0 Å². The second-order valence-electron chi connectivity index (χ2n) is 7.14. The van der Waals surface area contributed by atoms with Crippen LogP contribution in [-0.2, 0) is 15.6 Å². The molecule has 0 fully saturated rings. The molecule has 0 radical (unpaired) electrons. The van der Waals surface area contributed by atoms with Crippen molar-refractivity contribution in [2.24, 2.45) is 4.99 Å². The number of hydrogen-bond acceptors (Lipinski definition) is 3. The van der Waals surface area contributed by atoms with Crippen LogP contribution in [-0.4, -0.2) is 23.3 Å². The monoisotopic (exact) mass is 372 g/mol. The van der Waals surface area contributed by atoms with E-state index in [1.807, 2.05) is 32.5 Å². The Kier molecular flexibility index (Phi) is 5.49. The molecule has 0 aliphatic carbocycles. The van der Waals surface area contributed by atoms with E-state index in [1.54, 1.807) is 0 Å². The molecule has 0 bridgehead atoms. The summed E-state index contributed by atoms with van der Waals surface area (Å²) in [5.74, 6) is 1.76. The van der Waals surface area contributed by atoms with Gasteiger partial charge in [0.15, 0.2) is 15.7 Å². The van der Waals surface area contributed by atoms with Crippen LogP contribution < -0.4 is 0 Å². The predicted octanol–water partition coefficient (Wildman–Crippen LogP) is 5.81. The fourth-order valence-corrected chi connectivity index (χ4v) is 7.20. The van der Waals surface area contributed by atoms with Gasteiger partial charge in [0.05, 0.1) is 26.8 Å². The molecule has 0 aromatic heterocycles. The number of ether oxygens (including phenoxy) is 1. The lowest BCUT2D eigenvalue weighted by atomic mass is 10.1. The summed E-state index contributed by atoms with van der Waals surface area (Å²) in [5, 5.41) is 0. The van der Waals surface area contributed by atoms with Crippen LogP contribution in [0, 0.1) is 0 Å². The van der Waals surface area contributed by atoms with E-state index in [9.17, 15) is 0 Å². The molecule has 1 aliphatic heterocycles. The Morgan fingerprint density at radius 2 is 1.56 bits per heavy atom. The second-order valence-corrected chi connectivity index (χ2v) is 10.2. The van der Waals surface area contributed by atoms with Gasteiger partial charge in [0, 0.05) is 6.92 Å². The third-order valence-electron chi connectivity index (χ3n) is 3.81. The van der Waals surface area contributed by atoms with Gasteiger partial charge in [0.2, 0.25) is 0 Å². The van der Waals surface area contributed by atoms with Crippen molar-refractivity contribution < 1.29 is 4.74 Å². The van der Waals surface area contributed by atoms with Crippen LogP contribution in [0.4, 0.5) is 0 Å². The van der Waals surface area contributed by atoms with Crippen LogP contribution >= 0.6 is 11.8 Å². The third kappa shape index (κ3) is 4.42. The van der Waals surface area contributed by atoms with E-state index in [2.05, 4.69) is 62.4 Å². The Hall–Kier alpha value is -1.39. The summed E-state index contributed by atoms with van der Waals surface area (Å²) in [6.45, 7) is 10.5. The first-order valence-electron chi connectivity index (χ1n) is 8.66. The number of nitrogens with zero attached hydrogens (tertiary/aromatic N) is 1. The minimum atomic E-state index is -0.176. The number of fused-ring (bicyclic) bond motifs is 2. The Balaban J connectivity index is 1.94. The van der Waals surface area contributed by atoms with E-state index >= 15 is 0 Å². The fraction of sp³-hybridized carbons (Fsp3) is 0.381. The first kappa shape index (κ1) is 18.4. The van der Waals surface area contributed by atoms with Crippen molar-refractivity contribution in [3.05, 3.63) is 48.5 Å². The molecule has 2 aromatic carbocycles. The molecule has 1 aliphatic rings. The summed E-state index contributed by atoms with van der Waals surface area (Å²) in [4.78, 5) is 10.5. The summed E-state index contributed by atoms with van der Waals surface area (Å²) >= 11 is 1.88. The largest absolute Gasteiger partial charge is 0.479 e. The minimum Gasteiger partial charge on any atom is -0.479 e. The quantitative estimate of drug-likeness (QED) is 0.384. The lowest BCUT2D eigenvalue weighted by Crippen LogP contribution is -2.32. The number of rotatable bonds is 4. The molecule has 0 atom stereocenters. The van der Waals surface area contributed by atoms with Crippen LogP contribution in [0.15, 0.2) is 73.1 Å². The van der Waals surface area contributed by atoms with Gasteiger partial charge in [-0.2, -0.15) is 0 Å². The molecule has 3 rings (SSSR count).